The van der Waals surface area contributed by atoms with Crippen molar-refractivity contribution in [2.75, 3.05) is 21.3 Å². The topological polar surface area (TPSA) is 38.8 Å². The number of alkyl halides is 3. The molecule has 0 heterocycles. The Hall–Kier alpha value is -1.97. The van der Waals surface area contributed by atoms with E-state index >= 15 is 0 Å². The number of carbonyl (C=O) groups is 1. The highest BCUT2D eigenvalue weighted by Crippen LogP contribution is 2.32. The maximum atomic E-state index is 12.7. The van der Waals surface area contributed by atoms with Gasteiger partial charge in [-0.25, -0.2) is 0 Å². The normalized spacial score (nSPS) is 11.2. The predicted molar refractivity (Wildman–Crippen MR) is 99.5 cm³/mol. The molecule has 0 aliphatic rings. The lowest BCUT2D eigenvalue weighted by Crippen LogP contribution is -2.27. The Morgan fingerprint density at radius 2 is 1.62 bits per heavy atom. The van der Waals surface area contributed by atoms with Gasteiger partial charge in [-0.2, -0.15) is 13.2 Å². The SMILES string of the molecule is COc1cc(I)c(C(=O)N(C)Cc2ccc(C(F)(F)F)cc2)cc1OC. The van der Waals surface area contributed by atoms with E-state index in [1.54, 1.807) is 19.2 Å². The number of halogens is 4. The number of ether oxygens (including phenoxy) is 2. The lowest BCUT2D eigenvalue weighted by atomic mass is 10.1. The van der Waals surface area contributed by atoms with Crippen LogP contribution in [0.2, 0.25) is 0 Å². The van der Waals surface area contributed by atoms with Crippen LogP contribution in [0.1, 0.15) is 21.5 Å². The molecule has 0 atom stereocenters. The summed E-state index contributed by atoms with van der Waals surface area (Å²) >= 11 is 2.03. The highest BCUT2D eigenvalue weighted by Gasteiger charge is 2.30. The quantitative estimate of drug-likeness (QED) is 0.589. The minimum absolute atomic E-state index is 0.182. The summed E-state index contributed by atoms with van der Waals surface area (Å²) in [4.78, 5) is 14.1. The molecule has 2 aromatic carbocycles. The minimum atomic E-state index is -4.38. The molecule has 0 aliphatic carbocycles. The smallest absolute Gasteiger partial charge is 0.416 e. The number of benzene rings is 2. The van der Waals surface area contributed by atoms with Gasteiger partial charge in [-0.15, -0.1) is 0 Å². The Balaban J connectivity index is 2.20. The number of carbonyl (C=O) groups excluding carboxylic acids is 1. The monoisotopic (exact) mass is 479 g/mol. The summed E-state index contributed by atoms with van der Waals surface area (Å²) in [6, 6.07) is 8.03. The summed E-state index contributed by atoms with van der Waals surface area (Å²) in [6.07, 6.45) is -4.38. The second-order valence-corrected chi connectivity index (χ2v) is 6.71. The zero-order valence-electron chi connectivity index (χ0n) is 14.4. The molecule has 0 aromatic heterocycles. The standard InChI is InChI=1S/C18H17F3INO3/c1-23(10-11-4-6-12(7-5-11)18(19,20)21)17(24)13-8-15(25-2)16(26-3)9-14(13)22/h4-9H,10H2,1-3H3. The van der Waals surface area contributed by atoms with Gasteiger partial charge >= 0.3 is 6.18 Å². The first-order valence-corrected chi connectivity index (χ1v) is 8.58. The van der Waals surface area contributed by atoms with Gasteiger partial charge in [0.1, 0.15) is 0 Å². The summed E-state index contributed by atoms with van der Waals surface area (Å²) < 4.78 is 49.0. The van der Waals surface area contributed by atoms with E-state index < -0.39 is 11.7 Å². The van der Waals surface area contributed by atoms with Gasteiger partial charge in [0.2, 0.25) is 0 Å². The Kier molecular flexibility index (Phi) is 6.38. The van der Waals surface area contributed by atoms with Gasteiger partial charge in [0.05, 0.1) is 25.3 Å². The van der Waals surface area contributed by atoms with Crippen molar-refractivity contribution < 1.29 is 27.4 Å². The van der Waals surface area contributed by atoms with Crippen LogP contribution in [-0.4, -0.2) is 32.1 Å². The van der Waals surface area contributed by atoms with Crippen LogP contribution in [0.4, 0.5) is 13.2 Å². The lowest BCUT2D eigenvalue weighted by molar-refractivity contribution is -0.137. The van der Waals surface area contributed by atoms with Crippen LogP contribution < -0.4 is 9.47 Å². The average Bonchev–Trinajstić information content (AvgIpc) is 2.60. The molecule has 0 radical (unpaired) electrons. The van der Waals surface area contributed by atoms with Crippen molar-refractivity contribution in [2.24, 2.45) is 0 Å². The molecule has 0 aliphatic heterocycles. The van der Waals surface area contributed by atoms with Crippen LogP contribution in [0.3, 0.4) is 0 Å². The maximum Gasteiger partial charge on any atom is 0.416 e. The first-order chi connectivity index (χ1) is 12.2. The molecular weight excluding hydrogens is 462 g/mol. The fourth-order valence-electron chi connectivity index (χ4n) is 2.37. The second kappa shape index (κ2) is 8.15. The van der Waals surface area contributed by atoms with Crippen molar-refractivity contribution in [1.82, 2.24) is 4.90 Å². The number of rotatable bonds is 5. The second-order valence-electron chi connectivity index (χ2n) is 5.54. The molecule has 1 amide bonds. The Morgan fingerprint density at radius 3 is 2.12 bits per heavy atom. The molecule has 0 saturated heterocycles. The zero-order valence-corrected chi connectivity index (χ0v) is 16.5. The number of nitrogens with zero attached hydrogens (tertiary/aromatic N) is 1. The Morgan fingerprint density at radius 1 is 1.08 bits per heavy atom. The number of hydrogen-bond donors (Lipinski definition) is 0. The van der Waals surface area contributed by atoms with E-state index in [4.69, 9.17) is 9.47 Å². The van der Waals surface area contributed by atoms with Gasteiger partial charge in [0.25, 0.3) is 5.91 Å². The third kappa shape index (κ3) is 4.60. The van der Waals surface area contributed by atoms with Gasteiger partial charge in [-0.1, -0.05) is 12.1 Å². The highest BCUT2D eigenvalue weighted by molar-refractivity contribution is 14.1. The van der Waals surface area contributed by atoms with Gasteiger partial charge in [-0.3, -0.25) is 4.79 Å². The molecule has 26 heavy (non-hydrogen) atoms. The van der Waals surface area contributed by atoms with Crippen LogP contribution in [0.5, 0.6) is 11.5 Å². The molecule has 140 valence electrons. The summed E-state index contributed by atoms with van der Waals surface area (Å²) in [5.41, 5.74) is 0.312. The van der Waals surface area contributed by atoms with Crippen molar-refractivity contribution in [3.63, 3.8) is 0 Å². The number of hydrogen-bond acceptors (Lipinski definition) is 3. The van der Waals surface area contributed by atoms with Crippen LogP contribution in [0, 0.1) is 3.57 Å². The molecule has 0 unspecified atom stereocenters. The zero-order chi connectivity index (χ0) is 19.5. The van der Waals surface area contributed by atoms with E-state index in [2.05, 4.69) is 0 Å². The van der Waals surface area contributed by atoms with Crippen molar-refractivity contribution in [3.05, 3.63) is 56.7 Å². The molecule has 0 N–H and O–H groups in total. The Labute approximate surface area is 163 Å². The van der Waals surface area contributed by atoms with Crippen molar-refractivity contribution in [1.29, 1.82) is 0 Å². The fourth-order valence-corrected chi connectivity index (χ4v) is 3.04. The molecule has 4 nitrogen and oxygen atoms in total. The van der Waals surface area contributed by atoms with E-state index in [0.717, 1.165) is 12.1 Å². The molecule has 2 rings (SSSR count). The lowest BCUT2D eigenvalue weighted by Gasteiger charge is -2.19. The fraction of sp³-hybridized carbons (Fsp3) is 0.278. The molecule has 0 bridgehead atoms. The van der Waals surface area contributed by atoms with E-state index in [1.807, 2.05) is 22.6 Å². The molecule has 0 saturated carbocycles. The summed E-state index contributed by atoms with van der Waals surface area (Å²) in [5.74, 6) is 0.674. The number of amides is 1. The summed E-state index contributed by atoms with van der Waals surface area (Å²) in [5, 5.41) is 0. The van der Waals surface area contributed by atoms with Crippen LogP contribution in [-0.2, 0) is 12.7 Å². The van der Waals surface area contributed by atoms with E-state index in [9.17, 15) is 18.0 Å². The first-order valence-electron chi connectivity index (χ1n) is 7.50. The third-order valence-electron chi connectivity index (χ3n) is 3.75. The van der Waals surface area contributed by atoms with Crippen LogP contribution in [0.15, 0.2) is 36.4 Å². The first kappa shape index (κ1) is 20.3. The van der Waals surface area contributed by atoms with Crippen LogP contribution in [0.25, 0.3) is 0 Å². The summed E-state index contributed by atoms with van der Waals surface area (Å²) in [6.45, 7) is 0.182. The molecular formula is C18H17F3INO3. The van der Waals surface area contributed by atoms with E-state index in [1.165, 1.54) is 31.3 Å². The van der Waals surface area contributed by atoms with Crippen molar-refractivity contribution in [2.45, 2.75) is 12.7 Å². The molecule has 2 aromatic rings. The van der Waals surface area contributed by atoms with Gasteiger partial charge in [0, 0.05) is 17.2 Å². The number of methoxy groups -OCH3 is 2. The molecule has 8 heteroatoms. The largest absolute Gasteiger partial charge is 0.493 e. The molecule has 0 fully saturated rings. The third-order valence-corrected chi connectivity index (χ3v) is 4.64. The van der Waals surface area contributed by atoms with Gasteiger partial charge in [0.15, 0.2) is 11.5 Å². The van der Waals surface area contributed by atoms with Gasteiger partial charge in [-0.05, 0) is 52.4 Å². The predicted octanol–water partition coefficient (Wildman–Crippen LogP) is 4.60. The van der Waals surface area contributed by atoms with E-state index in [-0.39, 0.29) is 12.5 Å². The van der Waals surface area contributed by atoms with Crippen molar-refractivity contribution >= 4 is 28.5 Å². The van der Waals surface area contributed by atoms with Gasteiger partial charge < -0.3 is 14.4 Å². The summed E-state index contributed by atoms with van der Waals surface area (Å²) in [7, 11) is 4.57. The molecule has 0 spiro atoms. The minimum Gasteiger partial charge on any atom is -0.493 e. The van der Waals surface area contributed by atoms with E-state index in [0.29, 0.717) is 26.2 Å². The maximum absolute atomic E-state index is 12.7. The Bertz CT molecular complexity index is 792. The van der Waals surface area contributed by atoms with Crippen molar-refractivity contribution in [3.8, 4) is 11.5 Å². The highest BCUT2D eigenvalue weighted by atomic mass is 127. The average molecular weight is 479 g/mol. The van der Waals surface area contributed by atoms with Crippen LogP contribution >= 0.6 is 22.6 Å².